The van der Waals surface area contributed by atoms with Crippen LogP contribution in [-0.4, -0.2) is 285 Å². The molecule has 30 atom stereocenters. The number of azide groups is 6. The fraction of sp³-hybridized carbons (Fsp3) is 1.00. The molecule has 22 aliphatic heterocycles. The van der Waals surface area contributed by atoms with Gasteiger partial charge in [-0.15, -0.1) is 0 Å². The zero-order chi connectivity index (χ0) is 56.5. The Morgan fingerprint density at radius 2 is 0.346 bits per heavy atom. The molecule has 0 aromatic rings. The largest absolute Gasteiger partial charge is 0.387 e. The second-order valence-corrected chi connectivity index (χ2v) is 18.2. The molecule has 22 rings (SSSR count). The van der Waals surface area contributed by atoms with Gasteiger partial charge in [0.05, 0.1) is 75.9 Å². The monoisotopic (exact) mass is 1120 g/mol. The van der Waals surface area contributed by atoms with Crippen LogP contribution in [0.25, 0.3) is 62.7 Å². The molecule has 22 aliphatic rings. The average Bonchev–Trinajstić information content (AvgIpc) is 3.51. The van der Waals surface area contributed by atoms with Crippen LogP contribution in [0.1, 0.15) is 0 Å². The van der Waals surface area contributed by atoms with Crippen molar-refractivity contribution in [3.05, 3.63) is 62.7 Å². The van der Waals surface area contributed by atoms with E-state index < -0.39 is 224 Å². The first-order valence-corrected chi connectivity index (χ1v) is 23.5. The molecule has 22 fully saturated rings. The number of aliphatic hydroxyl groups is 12. The third kappa shape index (κ3) is 13.1. The summed E-state index contributed by atoms with van der Waals surface area (Å²) in [6.07, 6.45) is -60.8. The summed E-state index contributed by atoms with van der Waals surface area (Å²) in [7, 11) is 0. The minimum atomic E-state index is -2.24. The summed E-state index contributed by atoms with van der Waals surface area (Å²) in [5, 5.41) is 159. The Morgan fingerprint density at radius 3 is 0.462 bits per heavy atom. The molecule has 22 heterocycles. The van der Waals surface area contributed by atoms with Crippen LogP contribution in [0.5, 0.6) is 0 Å². The van der Waals surface area contributed by atoms with E-state index in [1.54, 1.807) is 0 Å². The maximum absolute atomic E-state index is 11.6. The number of nitrogens with zero attached hydrogens (tertiary/aromatic N) is 18. The van der Waals surface area contributed by atoms with Gasteiger partial charge in [0.25, 0.3) is 0 Å². The molecule has 432 valence electrons. The van der Waals surface area contributed by atoms with Crippen LogP contribution in [0.3, 0.4) is 0 Å². The first-order valence-electron chi connectivity index (χ1n) is 23.5. The van der Waals surface area contributed by atoms with E-state index in [4.69, 9.17) is 56.8 Å². The summed E-state index contributed by atoms with van der Waals surface area (Å²) in [5.41, 5.74) is 55.4. The zero-order valence-corrected chi connectivity index (χ0v) is 39.9. The Morgan fingerprint density at radius 1 is 0.218 bits per heavy atom. The predicted octanol–water partition coefficient (Wildman–Crippen LogP) is -5.15. The molecule has 78 heavy (non-hydrogen) atoms. The molecule has 0 spiro atoms. The van der Waals surface area contributed by atoms with Gasteiger partial charge in [-0.3, -0.25) is 0 Å². The maximum Gasteiger partial charge on any atom is 0.187 e. The van der Waals surface area contributed by atoms with Crippen molar-refractivity contribution in [1.29, 1.82) is 0 Å². The van der Waals surface area contributed by atoms with Gasteiger partial charge in [0.15, 0.2) is 37.7 Å². The van der Waals surface area contributed by atoms with Crippen molar-refractivity contribution in [3.8, 4) is 0 Å². The lowest BCUT2D eigenvalue weighted by molar-refractivity contribution is -0.398. The van der Waals surface area contributed by atoms with Gasteiger partial charge in [0.2, 0.25) is 0 Å². The molecule has 42 heteroatoms. The predicted molar refractivity (Wildman–Crippen MR) is 237 cm³/mol. The summed E-state index contributed by atoms with van der Waals surface area (Å²) in [6.45, 7) is -4.50. The van der Waals surface area contributed by atoms with E-state index in [9.17, 15) is 94.5 Å². The fourth-order valence-electron chi connectivity index (χ4n) is 9.63. The van der Waals surface area contributed by atoms with E-state index in [2.05, 4.69) is 60.2 Å². The number of ether oxygens (including phenoxy) is 12. The quantitative estimate of drug-likeness (QED) is 0.0494. The third-order valence-corrected chi connectivity index (χ3v) is 13.5. The molecule has 42 nitrogen and oxygen atoms in total. The van der Waals surface area contributed by atoms with Gasteiger partial charge in [-0.2, -0.15) is 0 Å². The summed E-state index contributed by atoms with van der Waals surface area (Å²) >= 11 is 0. The van der Waals surface area contributed by atoms with E-state index >= 15 is 0 Å². The molecule has 22 saturated heterocycles. The van der Waals surface area contributed by atoms with Crippen molar-refractivity contribution in [2.24, 2.45) is 30.7 Å². The van der Waals surface area contributed by atoms with Gasteiger partial charge >= 0.3 is 0 Å². The number of hydrogen-bond acceptors (Lipinski definition) is 30. The van der Waals surface area contributed by atoms with E-state index in [1.165, 1.54) is 0 Å². The molecule has 0 radical (unpaired) electrons. The van der Waals surface area contributed by atoms with Crippen molar-refractivity contribution >= 4 is 0 Å². The molecule has 3 unspecified atom stereocenters. The van der Waals surface area contributed by atoms with E-state index in [0.29, 0.717) is 0 Å². The van der Waals surface area contributed by atoms with Gasteiger partial charge < -0.3 is 118 Å². The zero-order valence-electron chi connectivity index (χ0n) is 39.9. The second kappa shape index (κ2) is 27.4. The molecule has 0 aliphatic carbocycles. The number of rotatable bonds is 12. The SMILES string of the molecule is [N-]=[N+]=NC[C@H]1O[C@@H]2O[C@H]3C(O)[C@@H](O)[C@@H](O[C@H]4[C@H](O)[C@@H](O)[C@H](O[C@@H]4CN=[N+]=[N-])O[C@H]4C(O)[C@@H](O)[C@H](O[C@@H]4CN=[N+]=[N-])O[C@H]4C(O)[C@@H](O)[C@@H](O[C@H]5[C@H](O)[C@@H](O)[C@@H](O[C@H]1[C@H](O)[C@H]2O)O[C@@H]5CN=[N+]=[N-])O[C@@H]4CN=[N+]=[N-])O[C@@H]3CN=[N+]=[N-]. The fourth-order valence-corrected chi connectivity index (χ4v) is 9.63. The number of aliphatic hydroxyl groups excluding tert-OH is 12. The van der Waals surface area contributed by atoms with Crippen LogP contribution in [0, 0.1) is 0 Å². The molecular weight excluding hydrogens is 1070 g/mol. The van der Waals surface area contributed by atoms with Gasteiger partial charge in [0.1, 0.15) is 110 Å². The summed E-state index contributed by atoms with van der Waals surface area (Å²) < 4.78 is 70.3. The van der Waals surface area contributed by atoms with Crippen LogP contribution in [0.2, 0.25) is 0 Å². The molecule has 0 amide bonds. The molecule has 0 saturated carbocycles. The normalized spacial score (nSPS) is 47.7. The first-order chi connectivity index (χ1) is 37.4. The minimum absolute atomic E-state index is 0.751. The van der Waals surface area contributed by atoms with Crippen molar-refractivity contribution in [1.82, 2.24) is 0 Å². The van der Waals surface area contributed by atoms with Crippen LogP contribution in [0.4, 0.5) is 0 Å². The highest BCUT2D eigenvalue weighted by Crippen LogP contribution is 2.38. The van der Waals surface area contributed by atoms with Crippen molar-refractivity contribution in [2.75, 3.05) is 39.3 Å². The van der Waals surface area contributed by atoms with E-state index in [0.717, 1.165) is 0 Å². The highest BCUT2D eigenvalue weighted by molar-refractivity contribution is 5.02. The smallest absolute Gasteiger partial charge is 0.187 e. The Bertz CT molecular complexity index is 1930. The van der Waals surface area contributed by atoms with E-state index in [1.807, 2.05) is 0 Å². The summed E-state index contributed by atoms with van der Waals surface area (Å²) in [4.78, 5) is 15.9. The molecule has 12 N–H and O–H groups in total. The topological polar surface area (TPSA) is 646 Å². The lowest BCUT2D eigenvalue weighted by Gasteiger charge is -2.51. The minimum Gasteiger partial charge on any atom is -0.387 e. The average molecular weight is 1120 g/mol. The molecular formula is C36H54N18O24. The van der Waals surface area contributed by atoms with Gasteiger partial charge in [-0.05, 0) is 33.2 Å². The van der Waals surface area contributed by atoms with E-state index in [-0.39, 0.29) is 0 Å². The second-order valence-electron chi connectivity index (χ2n) is 18.2. The Hall–Kier alpha value is -5.10. The highest BCUT2D eigenvalue weighted by atomic mass is 16.8. The summed E-state index contributed by atoms with van der Waals surface area (Å²) in [6, 6.07) is 0. The van der Waals surface area contributed by atoms with Crippen LogP contribution >= 0.6 is 0 Å². The lowest BCUT2D eigenvalue weighted by atomic mass is 9.94. The van der Waals surface area contributed by atoms with Crippen molar-refractivity contribution in [2.45, 2.75) is 184 Å². The lowest BCUT2D eigenvalue weighted by Crippen LogP contribution is -2.69. The van der Waals surface area contributed by atoms with Crippen molar-refractivity contribution in [3.63, 3.8) is 0 Å². The maximum atomic E-state index is 11.6. The molecule has 0 aromatic carbocycles. The van der Waals surface area contributed by atoms with Crippen LogP contribution in [0.15, 0.2) is 30.7 Å². The van der Waals surface area contributed by atoms with Gasteiger partial charge in [0, 0.05) is 29.5 Å². The first kappa shape index (κ1) is 60.5. The molecule has 12 bridgehead atoms. The Labute approximate surface area is 434 Å². The Kier molecular flexibility index (Phi) is 21.2. The third-order valence-electron chi connectivity index (χ3n) is 13.5. The van der Waals surface area contributed by atoms with Gasteiger partial charge in [-0.25, -0.2) is 0 Å². The highest BCUT2D eigenvalue weighted by Gasteiger charge is 2.58. The standard InChI is InChI=1S/C36H54N18O24/c37-49-43-1-7-25-13(55)19(61)31(67-7)74-26-8(2-44-50-38)69-33(21(63)15(26)57)76-28-10(4-46-52-40)71-35(23(65)17(28)59)78-30-12(6-48-54-42)72-36(24(66)18(30)60)77-29-11(5-47-53-41)70-34(22(64)16(29)58)75-27-9(3-45-51-39)68-32(73-25)20(62)14(27)56/h7-36,55-66H,1-6H2/t7-,8-,9-,10-,11-,12-,13-,14-,15?,16?,17-,18?,19-,20-,21-,22-,23-,24-,25-,26-,27-,28-,29-,30-,31-,32-,33-,34-,35-,36-/m1/s1. The molecule has 0 aromatic heterocycles. The summed E-state index contributed by atoms with van der Waals surface area (Å²) in [5.74, 6) is 0. The van der Waals surface area contributed by atoms with Crippen LogP contribution in [-0.2, 0) is 56.8 Å². The van der Waals surface area contributed by atoms with Crippen LogP contribution < -0.4 is 0 Å². The Balaban J connectivity index is 1.28. The number of hydrogen-bond donors (Lipinski definition) is 12. The van der Waals surface area contributed by atoms with Gasteiger partial charge in [-0.1, -0.05) is 30.7 Å². The van der Waals surface area contributed by atoms with Crippen molar-refractivity contribution < 1.29 is 118 Å².